The molecule has 0 amide bonds. The van der Waals surface area contributed by atoms with Crippen molar-refractivity contribution < 1.29 is 13.5 Å². The van der Waals surface area contributed by atoms with Gasteiger partial charge in [0.15, 0.2) is 5.65 Å². The van der Waals surface area contributed by atoms with Gasteiger partial charge in [0.05, 0.1) is 19.0 Å². The Labute approximate surface area is 134 Å². The van der Waals surface area contributed by atoms with Crippen LogP contribution >= 0.6 is 11.6 Å². The van der Waals surface area contributed by atoms with E-state index in [0.29, 0.717) is 11.3 Å². The van der Waals surface area contributed by atoms with Crippen LogP contribution in [0.5, 0.6) is 5.75 Å². The summed E-state index contributed by atoms with van der Waals surface area (Å²) >= 11 is 5.18. The van der Waals surface area contributed by atoms with Gasteiger partial charge in [-0.05, 0) is 29.8 Å². The van der Waals surface area contributed by atoms with Gasteiger partial charge in [-0.1, -0.05) is 12.1 Å². The molecule has 0 saturated carbocycles. The van der Waals surface area contributed by atoms with Crippen molar-refractivity contribution in [1.82, 2.24) is 14.6 Å². The number of nitrogens with zero attached hydrogens (tertiary/aromatic N) is 4. The molecule has 0 bridgehead atoms. The molecule has 0 radical (unpaired) electrons. The van der Waals surface area contributed by atoms with Crippen LogP contribution in [-0.2, 0) is 5.38 Å². The van der Waals surface area contributed by atoms with Gasteiger partial charge in [0.2, 0.25) is 0 Å². The van der Waals surface area contributed by atoms with E-state index in [-0.39, 0.29) is 16.9 Å². The third kappa shape index (κ3) is 2.69. The highest BCUT2D eigenvalue weighted by Crippen LogP contribution is 2.35. The summed E-state index contributed by atoms with van der Waals surface area (Å²) in [7, 11) is 1.50. The van der Waals surface area contributed by atoms with Crippen molar-refractivity contribution in [2.24, 2.45) is 0 Å². The molecule has 0 spiro atoms. The molecule has 23 heavy (non-hydrogen) atoms. The highest BCUT2D eigenvalue weighted by molar-refractivity contribution is 6.21. The van der Waals surface area contributed by atoms with Crippen LogP contribution in [0.25, 0.3) is 16.9 Å². The zero-order valence-corrected chi connectivity index (χ0v) is 12.6. The number of benzene rings is 1. The topological polar surface area (TPSA) is 63.2 Å². The Morgan fingerprint density at radius 1 is 1.35 bits per heavy atom. The molecule has 116 valence electrons. The van der Waals surface area contributed by atoms with Crippen LogP contribution in [0.2, 0.25) is 0 Å². The van der Waals surface area contributed by atoms with Crippen molar-refractivity contribution in [3.63, 3.8) is 0 Å². The smallest absolute Gasteiger partial charge is 0.364 e. The van der Waals surface area contributed by atoms with E-state index in [1.165, 1.54) is 13.3 Å². The minimum atomic E-state index is -3.66. The number of ether oxygens (including phenoxy) is 1. The first-order valence-electron chi connectivity index (χ1n) is 6.44. The third-order valence-corrected chi connectivity index (χ3v) is 3.44. The summed E-state index contributed by atoms with van der Waals surface area (Å²) < 4.78 is 33.4. The van der Waals surface area contributed by atoms with Crippen LogP contribution in [0.4, 0.5) is 8.78 Å². The molecule has 0 aliphatic carbocycles. The average Bonchev–Trinajstić information content (AvgIpc) is 2.96. The number of rotatable bonds is 3. The van der Waals surface area contributed by atoms with E-state index in [0.717, 1.165) is 10.6 Å². The SMILES string of the molecule is COc1cccc(-c2cc(C(F)(F)Cl)n3ncc(C#N)c3n2)c1. The number of hydrogen-bond donors (Lipinski definition) is 0. The molecule has 0 atom stereocenters. The van der Waals surface area contributed by atoms with Crippen LogP contribution < -0.4 is 4.74 Å². The fraction of sp³-hybridized carbons (Fsp3) is 0.133. The number of hydrogen-bond acceptors (Lipinski definition) is 4. The number of fused-ring (bicyclic) bond motifs is 1. The maximum absolute atomic E-state index is 13.7. The lowest BCUT2D eigenvalue weighted by atomic mass is 10.1. The summed E-state index contributed by atoms with van der Waals surface area (Å²) in [5.74, 6) is 0.553. The highest BCUT2D eigenvalue weighted by atomic mass is 35.5. The van der Waals surface area contributed by atoms with E-state index in [1.54, 1.807) is 24.3 Å². The molecule has 5 nitrogen and oxygen atoms in total. The summed E-state index contributed by atoms with van der Waals surface area (Å²) in [4.78, 5) is 4.26. The Hall–Kier alpha value is -2.72. The van der Waals surface area contributed by atoms with Gasteiger partial charge in [-0.3, -0.25) is 0 Å². The summed E-state index contributed by atoms with van der Waals surface area (Å²) in [6.45, 7) is 0. The number of alkyl halides is 3. The largest absolute Gasteiger partial charge is 0.497 e. The van der Waals surface area contributed by atoms with E-state index in [2.05, 4.69) is 10.1 Å². The zero-order valence-electron chi connectivity index (χ0n) is 11.8. The van der Waals surface area contributed by atoms with Crippen LogP contribution in [-0.4, -0.2) is 21.7 Å². The predicted molar refractivity (Wildman–Crippen MR) is 79.4 cm³/mol. The third-order valence-electron chi connectivity index (χ3n) is 3.25. The van der Waals surface area contributed by atoms with Crippen LogP contribution in [0.3, 0.4) is 0 Å². The second kappa shape index (κ2) is 5.48. The van der Waals surface area contributed by atoms with Crippen LogP contribution in [0.1, 0.15) is 11.3 Å². The van der Waals surface area contributed by atoms with Crippen molar-refractivity contribution >= 4 is 17.2 Å². The fourth-order valence-electron chi connectivity index (χ4n) is 2.17. The van der Waals surface area contributed by atoms with E-state index >= 15 is 0 Å². The second-order valence-corrected chi connectivity index (χ2v) is 5.14. The predicted octanol–water partition coefficient (Wildman–Crippen LogP) is 3.56. The Morgan fingerprint density at radius 3 is 2.78 bits per heavy atom. The highest BCUT2D eigenvalue weighted by Gasteiger charge is 2.33. The molecule has 0 aliphatic rings. The van der Waals surface area contributed by atoms with Crippen LogP contribution in [0, 0.1) is 11.3 Å². The number of halogens is 3. The lowest BCUT2D eigenvalue weighted by Gasteiger charge is -2.12. The maximum atomic E-state index is 13.7. The van der Waals surface area contributed by atoms with E-state index < -0.39 is 11.1 Å². The molecular formula is C15H9ClF2N4O. The van der Waals surface area contributed by atoms with E-state index in [1.807, 2.05) is 6.07 Å². The van der Waals surface area contributed by atoms with Crippen LogP contribution in [0.15, 0.2) is 36.5 Å². The van der Waals surface area contributed by atoms with Gasteiger partial charge in [0.25, 0.3) is 0 Å². The van der Waals surface area contributed by atoms with E-state index in [9.17, 15) is 8.78 Å². The van der Waals surface area contributed by atoms with Gasteiger partial charge in [-0.15, -0.1) is 0 Å². The quantitative estimate of drug-likeness (QED) is 0.687. The normalized spacial score (nSPS) is 11.4. The maximum Gasteiger partial charge on any atom is 0.364 e. The molecule has 2 heterocycles. The molecule has 0 fully saturated rings. The lowest BCUT2D eigenvalue weighted by Crippen LogP contribution is -2.12. The Morgan fingerprint density at radius 2 is 2.13 bits per heavy atom. The lowest BCUT2D eigenvalue weighted by molar-refractivity contribution is 0.0873. The molecule has 1 aromatic carbocycles. The Kier molecular flexibility index (Phi) is 3.62. The van der Waals surface area contributed by atoms with Gasteiger partial charge >= 0.3 is 5.38 Å². The Balaban J connectivity index is 2.31. The summed E-state index contributed by atoms with van der Waals surface area (Å²) in [5.41, 5.74) is 0.325. The minimum absolute atomic E-state index is 0.0168. The molecule has 8 heteroatoms. The van der Waals surface area contributed by atoms with Gasteiger partial charge in [-0.25, -0.2) is 9.50 Å². The van der Waals surface area contributed by atoms with Crippen molar-refractivity contribution in [2.75, 3.05) is 7.11 Å². The second-order valence-electron chi connectivity index (χ2n) is 4.66. The molecule has 3 aromatic rings. The minimum Gasteiger partial charge on any atom is -0.497 e. The first kappa shape index (κ1) is 15.2. The monoisotopic (exact) mass is 334 g/mol. The van der Waals surface area contributed by atoms with Crippen molar-refractivity contribution in [3.05, 3.63) is 47.8 Å². The number of nitriles is 1. The zero-order chi connectivity index (χ0) is 16.6. The molecular weight excluding hydrogens is 326 g/mol. The molecule has 0 N–H and O–H groups in total. The molecule has 0 aliphatic heterocycles. The molecule has 0 unspecified atom stereocenters. The molecule has 2 aromatic heterocycles. The number of aromatic nitrogens is 3. The summed E-state index contributed by atoms with van der Waals surface area (Å²) in [6.07, 6.45) is 1.17. The van der Waals surface area contributed by atoms with Crippen molar-refractivity contribution in [2.45, 2.75) is 5.38 Å². The first-order valence-corrected chi connectivity index (χ1v) is 6.82. The molecule has 0 saturated heterocycles. The fourth-order valence-corrected chi connectivity index (χ4v) is 2.31. The van der Waals surface area contributed by atoms with Crippen molar-refractivity contribution in [3.8, 4) is 23.1 Å². The number of methoxy groups -OCH3 is 1. The van der Waals surface area contributed by atoms with Gasteiger partial charge in [0, 0.05) is 5.56 Å². The van der Waals surface area contributed by atoms with Gasteiger partial charge in [0.1, 0.15) is 23.1 Å². The average molecular weight is 335 g/mol. The van der Waals surface area contributed by atoms with Gasteiger partial charge < -0.3 is 4.74 Å². The summed E-state index contributed by atoms with van der Waals surface area (Å²) in [6, 6.07) is 9.79. The van der Waals surface area contributed by atoms with E-state index in [4.69, 9.17) is 21.6 Å². The summed E-state index contributed by atoms with van der Waals surface area (Å²) in [5, 5.41) is 9.19. The van der Waals surface area contributed by atoms with Gasteiger partial charge in [-0.2, -0.15) is 19.1 Å². The Bertz CT molecular complexity index is 927. The van der Waals surface area contributed by atoms with Crippen molar-refractivity contribution in [1.29, 1.82) is 5.26 Å². The molecule has 3 rings (SSSR count). The first-order chi connectivity index (χ1) is 10.9. The standard InChI is InChI=1S/C15H9ClF2N4O/c1-23-11-4-2-3-9(5-11)12-6-13(15(16,17)18)22-14(21-12)10(7-19)8-20-22/h2-6,8H,1H3.